The van der Waals surface area contributed by atoms with E-state index in [9.17, 15) is 4.79 Å². The first-order valence-electron chi connectivity index (χ1n) is 5.98. The second-order valence-electron chi connectivity index (χ2n) is 4.71. The van der Waals surface area contributed by atoms with Crippen LogP contribution in [0.1, 0.15) is 37.4 Å². The van der Waals surface area contributed by atoms with E-state index < -0.39 is 0 Å². The van der Waals surface area contributed by atoms with E-state index >= 15 is 0 Å². The van der Waals surface area contributed by atoms with E-state index in [1.54, 1.807) is 0 Å². The van der Waals surface area contributed by atoms with Crippen molar-refractivity contribution in [1.29, 1.82) is 0 Å². The maximum absolute atomic E-state index is 11.7. The largest absolute Gasteiger partial charge is 0.353 e. The highest BCUT2D eigenvalue weighted by Crippen LogP contribution is 2.32. The van der Waals surface area contributed by atoms with Crippen LogP contribution in [0.3, 0.4) is 0 Å². The Morgan fingerprint density at radius 1 is 1.65 bits per heavy atom. The molecule has 0 aromatic carbocycles. The van der Waals surface area contributed by atoms with Gasteiger partial charge in [-0.25, -0.2) is 0 Å². The Balaban J connectivity index is 1.79. The Labute approximate surface area is 106 Å². The van der Waals surface area contributed by atoms with Crippen molar-refractivity contribution in [2.24, 2.45) is 5.92 Å². The molecule has 2 rings (SSSR count). The van der Waals surface area contributed by atoms with Crippen molar-refractivity contribution in [3.8, 4) is 0 Å². The van der Waals surface area contributed by atoms with Gasteiger partial charge in [0.15, 0.2) is 0 Å². The van der Waals surface area contributed by atoms with E-state index in [0.717, 1.165) is 11.3 Å². The Kier molecular flexibility index (Phi) is 3.72. The molecule has 0 radical (unpaired) electrons. The van der Waals surface area contributed by atoms with Crippen LogP contribution in [0.4, 0.5) is 0 Å². The minimum absolute atomic E-state index is 0.0704. The summed E-state index contributed by atoms with van der Waals surface area (Å²) in [7, 11) is 0. The van der Waals surface area contributed by atoms with Gasteiger partial charge in [-0.05, 0) is 50.6 Å². The molecule has 1 aromatic heterocycles. The second-order valence-corrected chi connectivity index (χ2v) is 5.06. The first-order chi connectivity index (χ1) is 8.08. The normalized spacial score (nSPS) is 16.9. The lowest BCUT2D eigenvalue weighted by molar-refractivity contribution is -0.121. The molecule has 1 amide bonds. The van der Waals surface area contributed by atoms with Gasteiger partial charge in [-0.3, -0.25) is 4.79 Å². The Morgan fingerprint density at radius 3 is 2.88 bits per heavy atom. The number of nitrogens with zero attached hydrogens (tertiary/aromatic N) is 1. The third-order valence-corrected chi connectivity index (χ3v) is 3.55. The number of carbonyl (C=O) groups excluding carboxylic acids is 1. The summed E-state index contributed by atoms with van der Waals surface area (Å²) in [6, 6.07) is 0.293. The van der Waals surface area contributed by atoms with Crippen molar-refractivity contribution >= 4 is 17.5 Å². The van der Waals surface area contributed by atoms with Crippen molar-refractivity contribution in [1.82, 2.24) is 10.5 Å². The minimum atomic E-state index is 0.0704. The Bertz CT molecular complexity index is 393. The molecule has 1 aliphatic rings. The maximum Gasteiger partial charge on any atom is 0.229 e. The molecule has 0 spiro atoms. The number of carbonyl (C=O) groups is 1. The number of nitrogens with one attached hydrogen (secondary N) is 1. The Hall–Kier alpha value is -1.03. The molecule has 1 N–H and O–H groups in total. The van der Waals surface area contributed by atoms with Crippen LogP contribution in [0.2, 0.25) is 5.22 Å². The predicted octanol–water partition coefficient (Wildman–Crippen LogP) is 2.48. The van der Waals surface area contributed by atoms with Crippen LogP contribution in [0.25, 0.3) is 0 Å². The molecule has 0 bridgehead atoms. The molecule has 1 fully saturated rings. The van der Waals surface area contributed by atoms with Gasteiger partial charge in [-0.2, -0.15) is 0 Å². The monoisotopic (exact) mass is 256 g/mol. The summed E-state index contributed by atoms with van der Waals surface area (Å²) in [5.74, 6) is 0.751. The third kappa shape index (κ3) is 3.22. The topological polar surface area (TPSA) is 55.1 Å². The fraction of sp³-hybridized carbons (Fsp3) is 0.667. The number of hydrogen-bond acceptors (Lipinski definition) is 3. The number of amides is 1. The van der Waals surface area contributed by atoms with Crippen molar-refractivity contribution in [2.75, 3.05) is 0 Å². The van der Waals surface area contributed by atoms with E-state index in [1.807, 2.05) is 6.92 Å². The standard InChI is InChI=1S/C12H17ClN2O2/c1-7(9-3-4-9)14-11(16)6-5-10-8(2)15-17-12(10)13/h7,9H,3-6H2,1-2H3,(H,14,16). The van der Waals surface area contributed by atoms with E-state index in [0.29, 0.717) is 30.0 Å². The predicted molar refractivity (Wildman–Crippen MR) is 64.9 cm³/mol. The number of rotatable bonds is 5. The number of halogens is 1. The fourth-order valence-electron chi connectivity index (χ4n) is 1.92. The smallest absolute Gasteiger partial charge is 0.229 e. The fourth-order valence-corrected chi connectivity index (χ4v) is 2.18. The highest BCUT2D eigenvalue weighted by atomic mass is 35.5. The van der Waals surface area contributed by atoms with Gasteiger partial charge >= 0.3 is 0 Å². The third-order valence-electron chi connectivity index (χ3n) is 3.26. The van der Waals surface area contributed by atoms with Crippen LogP contribution >= 0.6 is 11.6 Å². The highest BCUT2D eigenvalue weighted by Gasteiger charge is 2.28. The van der Waals surface area contributed by atoms with Crippen LogP contribution in [0.15, 0.2) is 4.52 Å². The molecule has 1 unspecified atom stereocenters. The lowest BCUT2D eigenvalue weighted by atomic mass is 10.1. The molecule has 1 heterocycles. The van der Waals surface area contributed by atoms with Gasteiger partial charge in [0.05, 0.1) is 5.69 Å². The molecular formula is C12H17ClN2O2. The van der Waals surface area contributed by atoms with Crippen molar-refractivity contribution < 1.29 is 9.32 Å². The summed E-state index contributed by atoms with van der Waals surface area (Å²) in [5, 5.41) is 7.06. The van der Waals surface area contributed by atoms with E-state index in [-0.39, 0.29) is 5.91 Å². The van der Waals surface area contributed by atoms with Gasteiger partial charge in [-0.15, -0.1) is 0 Å². The van der Waals surface area contributed by atoms with Gasteiger partial charge in [0, 0.05) is 18.0 Å². The van der Waals surface area contributed by atoms with E-state index in [4.69, 9.17) is 16.1 Å². The maximum atomic E-state index is 11.7. The molecule has 1 aromatic rings. The zero-order valence-electron chi connectivity index (χ0n) is 10.1. The first kappa shape index (κ1) is 12.4. The molecule has 1 atom stereocenters. The quantitative estimate of drug-likeness (QED) is 0.881. The van der Waals surface area contributed by atoms with Gasteiger partial charge in [-0.1, -0.05) is 5.16 Å². The zero-order chi connectivity index (χ0) is 12.4. The number of aromatic nitrogens is 1. The lowest BCUT2D eigenvalue weighted by Gasteiger charge is -2.12. The minimum Gasteiger partial charge on any atom is -0.353 e. The summed E-state index contributed by atoms with van der Waals surface area (Å²) in [6.45, 7) is 3.89. The summed E-state index contributed by atoms with van der Waals surface area (Å²) < 4.78 is 4.84. The van der Waals surface area contributed by atoms with Gasteiger partial charge < -0.3 is 9.84 Å². The van der Waals surface area contributed by atoms with Crippen LogP contribution in [-0.2, 0) is 11.2 Å². The molecule has 1 saturated carbocycles. The molecular weight excluding hydrogens is 240 g/mol. The van der Waals surface area contributed by atoms with Crippen LogP contribution in [0.5, 0.6) is 0 Å². The van der Waals surface area contributed by atoms with Crippen molar-refractivity contribution in [2.45, 2.75) is 45.6 Å². The average molecular weight is 257 g/mol. The summed E-state index contributed by atoms with van der Waals surface area (Å²) in [5.41, 5.74) is 1.60. The van der Waals surface area contributed by atoms with Crippen LogP contribution in [0, 0.1) is 12.8 Å². The van der Waals surface area contributed by atoms with Gasteiger partial charge in [0.1, 0.15) is 0 Å². The van der Waals surface area contributed by atoms with Crippen LogP contribution < -0.4 is 5.32 Å². The van der Waals surface area contributed by atoms with E-state index in [1.165, 1.54) is 12.8 Å². The van der Waals surface area contributed by atoms with Crippen molar-refractivity contribution in [3.05, 3.63) is 16.5 Å². The molecule has 4 nitrogen and oxygen atoms in total. The summed E-state index contributed by atoms with van der Waals surface area (Å²) >= 11 is 5.83. The number of hydrogen-bond donors (Lipinski definition) is 1. The van der Waals surface area contributed by atoms with Gasteiger partial charge in [0.2, 0.25) is 11.1 Å². The van der Waals surface area contributed by atoms with Gasteiger partial charge in [0.25, 0.3) is 0 Å². The summed E-state index contributed by atoms with van der Waals surface area (Å²) in [6.07, 6.45) is 3.48. The highest BCUT2D eigenvalue weighted by molar-refractivity contribution is 6.29. The number of aryl methyl sites for hydroxylation is 1. The Morgan fingerprint density at radius 2 is 2.35 bits per heavy atom. The van der Waals surface area contributed by atoms with E-state index in [2.05, 4.69) is 17.4 Å². The molecule has 17 heavy (non-hydrogen) atoms. The molecule has 1 aliphatic carbocycles. The average Bonchev–Trinajstić information content (AvgIpc) is 3.06. The SMILES string of the molecule is Cc1noc(Cl)c1CCC(=O)NC(C)C1CC1. The van der Waals surface area contributed by atoms with Crippen LogP contribution in [-0.4, -0.2) is 17.1 Å². The lowest BCUT2D eigenvalue weighted by Crippen LogP contribution is -2.34. The molecule has 0 saturated heterocycles. The zero-order valence-corrected chi connectivity index (χ0v) is 10.9. The first-order valence-corrected chi connectivity index (χ1v) is 6.35. The molecule has 0 aliphatic heterocycles. The molecule has 5 heteroatoms. The molecule has 94 valence electrons. The van der Waals surface area contributed by atoms with Crippen molar-refractivity contribution in [3.63, 3.8) is 0 Å². The summed E-state index contributed by atoms with van der Waals surface area (Å²) in [4.78, 5) is 11.7. The second kappa shape index (κ2) is 5.08.